The third kappa shape index (κ3) is 6.02. The van der Waals surface area contributed by atoms with Crippen molar-refractivity contribution in [1.29, 1.82) is 0 Å². The average molecular weight is 194 g/mol. The number of aliphatic hydroxyl groups excluding tert-OH is 1. The van der Waals surface area contributed by atoms with Gasteiger partial charge in [-0.2, -0.15) is 0 Å². The van der Waals surface area contributed by atoms with E-state index in [-0.39, 0.29) is 6.61 Å². The number of hydrogen-bond donors (Lipinski definition) is 3. The number of hydrogen-bond acceptors (Lipinski definition) is 7. The van der Waals surface area contributed by atoms with Crippen molar-refractivity contribution in [2.24, 2.45) is 0 Å². The molecule has 0 aliphatic heterocycles. The van der Waals surface area contributed by atoms with Gasteiger partial charge in [-0.25, -0.2) is 9.59 Å². The zero-order valence-electron chi connectivity index (χ0n) is 6.89. The molecule has 0 aliphatic carbocycles. The van der Waals surface area contributed by atoms with Crippen molar-refractivity contribution in [2.45, 2.75) is 12.9 Å². The van der Waals surface area contributed by atoms with Crippen LogP contribution in [-0.4, -0.2) is 46.4 Å². The van der Waals surface area contributed by atoms with Crippen LogP contribution in [0.15, 0.2) is 0 Å². The molecule has 0 unspecified atom stereocenters. The fourth-order valence-electron chi connectivity index (χ4n) is 0.415. The average Bonchev–Trinajstić information content (AvgIpc) is 1.96. The van der Waals surface area contributed by atoms with E-state index < -0.39 is 24.5 Å². The number of carbonyl (C=O) groups is 2. The monoisotopic (exact) mass is 194 g/mol. The van der Waals surface area contributed by atoms with E-state index in [2.05, 4.69) is 9.47 Å². The molecule has 0 saturated carbocycles. The first-order valence-corrected chi connectivity index (χ1v) is 3.32. The molecule has 0 atom stereocenters. The highest BCUT2D eigenvalue weighted by Crippen LogP contribution is 2.00. The third-order valence-electron chi connectivity index (χ3n) is 0.777. The van der Waals surface area contributed by atoms with Crippen LogP contribution >= 0.6 is 0 Å². The van der Waals surface area contributed by atoms with E-state index in [0.29, 0.717) is 0 Å². The van der Waals surface area contributed by atoms with Crippen LogP contribution in [0, 0.1) is 0 Å². The smallest absolute Gasteiger partial charge is 0.421 e. The molecule has 0 aromatic carbocycles. The summed E-state index contributed by atoms with van der Waals surface area (Å²) in [6.07, 6.45) is 0. The van der Waals surface area contributed by atoms with Gasteiger partial charge in [0, 0.05) is 6.92 Å². The predicted octanol–water partition coefficient (Wildman–Crippen LogP) is -2.28. The van der Waals surface area contributed by atoms with Crippen LogP contribution in [0.25, 0.3) is 0 Å². The van der Waals surface area contributed by atoms with E-state index in [1.165, 1.54) is 0 Å². The summed E-state index contributed by atoms with van der Waals surface area (Å²) >= 11 is 0. The molecular formula is C6H10O7. The predicted molar refractivity (Wildman–Crippen MR) is 37.0 cm³/mol. The van der Waals surface area contributed by atoms with Crippen LogP contribution in [0.4, 0.5) is 0 Å². The second kappa shape index (κ2) is 4.75. The molecule has 7 heteroatoms. The van der Waals surface area contributed by atoms with Gasteiger partial charge in [-0.3, -0.25) is 0 Å². The molecule has 0 spiro atoms. The Morgan fingerprint density at radius 3 is 2.23 bits per heavy atom. The Bertz CT molecular complexity index is 192. The minimum Gasteiger partial charge on any atom is -0.455 e. The van der Waals surface area contributed by atoms with Gasteiger partial charge in [0.05, 0.1) is 6.61 Å². The normalized spacial score (nSPS) is 10.8. The van der Waals surface area contributed by atoms with Gasteiger partial charge in [0.25, 0.3) is 0 Å². The summed E-state index contributed by atoms with van der Waals surface area (Å²) in [4.78, 5) is 21.1. The SMILES string of the molecule is CC(O)(O)OC(=O)C(=O)OCCO. The first-order chi connectivity index (χ1) is 5.87. The lowest BCUT2D eigenvalue weighted by atomic mass is 10.6. The largest absolute Gasteiger partial charge is 0.455 e. The van der Waals surface area contributed by atoms with Crippen molar-refractivity contribution in [2.75, 3.05) is 13.2 Å². The second-order valence-electron chi connectivity index (χ2n) is 2.18. The summed E-state index contributed by atoms with van der Waals surface area (Å²) in [6.45, 7) is -0.0414. The van der Waals surface area contributed by atoms with Gasteiger partial charge < -0.3 is 24.8 Å². The summed E-state index contributed by atoms with van der Waals surface area (Å²) in [5.41, 5.74) is 0. The molecule has 3 N–H and O–H groups in total. The standard InChI is InChI=1S/C6H10O7/c1-6(10,11)13-5(9)4(8)12-3-2-7/h7,10-11H,2-3H2,1H3. The Balaban J connectivity index is 3.91. The van der Waals surface area contributed by atoms with E-state index >= 15 is 0 Å². The van der Waals surface area contributed by atoms with E-state index in [1.807, 2.05) is 0 Å². The number of rotatable bonds is 3. The van der Waals surface area contributed by atoms with Gasteiger partial charge in [-0.1, -0.05) is 0 Å². The minimum absolute atomic E-state index is 0.360. The van der Waals surface area contributed by atoms with E-state index in [1.54, 1.807) is 0 Å². The van der Waals surface area contributed by atoms with Crippen LogP contribution in [-0.2, 0) is 19.1 Å². The molecular weight excluding hydrogens is 184 g/mol. The summed E-state index contributed by atoms with van der Waals surface area (Å²) in [7, 11) is 0. The molecule has 0 amide bonds. The van der Waals surface area contributed by atoms with Crippen molar-refractivity contribution in [3.63, 3.8) is 0 Å². The Kier molecular flexibility index (Phi) is 4.32. The summed E-state index contributed by atoms with van der Waals surface area (Å²) < 4.78 is 7.93. The van der Waals surface area contributed by atoms with Gasteiger partial charge in [0.15, 0.2) is 0 Å². The van der Waals surface area contributed by atoms with Gasteiger partial charge in [-0.05, 0) is 0 Å². The van der Waals surface area contributed by atoms with Crippen molar-refractivity contribution in [3.05, 3.63) is 0 Å². The second-order valence-corrected chi connectivity index (χ2v) is 2.18. The van der Waals surface area contributed by atoms with Crippen LogP contribution in [0.2, 0.25) is 0 Å². The molecule has 0 aliphatic rings. The lowest BCUT2D eigenvalue weighted by Gasteiger charge is -2.14. The van der Waals surface area contributed by atoms with Gasteiger partial charge in [-0.15, -0.1) is 0 Å². The molecule has 0 saturated heterocycles. The number of aliphatic hydroxyl groups is 3. The van der Waals surface area contributed by atoms with Crippen LogP contribution in [0.3, 0.4) is 0 Å². The summed E-state index contributed by atoms with van der Waals surface area (Å²) in [6, 6.07) is 0. The quantitative estimate of drug-likeness (QED) is 0.263. The zero-order valence-corrected chi connectivity index (χ0v) is 6.89. The third-order valence-corrected chi connectivity index (χ3v) is 0.777. The van der Waals surface area contributed by atoms with E-state index in [0.717, 1.165) is 6.92 Å². The summed E-state index contributed by atoms with van der Waals surface area (Å²) in [5.74, 6) is -5.65. The first kappa shape index (κ1) is 11.8. The topological polar surface area (TPSA) is 113 Å². The fourth-order valence-corrected chi connectivity index (χ4v) is 0.415. The molecule has 7 nitrogen and oxygen atoms in total. The van der Waals surface area contributed by atoms with Crippen molar-refractivity contribution in [1.82, 2.24) is 0 Å². The van der Waals surface area contributed by atoms with Gasteiger partial charge in [0.2, 0.25) is 0 Å². The Labute approximate surface area is 73.5 Å². The molecule has 0 aromatic heterocycles. The van der Waals surface area contributed by atoms with Crippen LogP contribution in [0.5, 0.6) is 0 Å². The van der Waals surface area contributed by atoms with Crippen molar-refractivity contribution in [3.8, 4) is 0 Å². The van der Waals surface area contributed by atoms with E-state index in [9.17, 15) is 9.59 Å². The molecule has 13 heavy (non-hydrogen) atoms. The first-order valence-electron chi connectivity index (χ1n) is 3.32. The fraction of sp³-hybridized carbons (Fsp3) is 0.667. The molecule has 0 radical (unpaired) electrons. The number of esters is 2. The lowest BCUT2D eigenvalue weighted by Crippen LogP contribution is -2.35. The Hall–Kier alpha value is -1.18. The highest BCUT2D eigenvalue weighted by molar-refractivity contribution is 6.29. The van der Waals surface area contributed by atoms with Crippen molar-refractivity contribution >= 4 is 11.9 Å². The Morgan fingerprint density at radius 2 is 1.85 bits per heavy atom. The highest BCUT2D eigenvalue weighted by Gasteiger charge is 2.27. The van der Waals surface area contributed by atoms with Crippen LogP contribution < -0.4 is 0 Å². The van der Waals surface area contributed by atoms with Gasteiger partial charge >= 0.3 is 17.9 Å². The summed E-state index contributed by atoms with van der Waals surface area (Å²) in [5, 5.41) is 25.2. The molecule has 0 aromatic rings. The molecule has 0 fully saturated rings. The molecule has 0 heterocycles. The van der Waals surface area contributed by atoms with Gasteiger partial charge in [0.1, 0.15) is 6.61 Å². The van der Waals surface area contributed by atoms with Crippen LogP contribution in [0.1, 0.15) is 6.92 Å². The minimum atomic E-state index is -2.71. The highest BCUT2D eigenvalue weighted by atomic mass is 16.8. The maximum absolute atomic E-state index is 10.6. The molecule has 0 rings (SSSR count). The lowest BCUT2D eigenvalue weighted by molar-refractivity contribution is -0.306. The molecule has 0 bridgehead atoms. The molecule has 76 valence electrons. The number of ether oxygens (including phenoxy) is 2. The van der Waals surface area contributed by atoms with E-state index in [4.69, 9.17) is 15.3 Å². The maximum Gasteiger partial charge on any atom is 0.421 e. The number of carbonyl (C=O) groups excluding carboxylic acids is 2. The maximum atomic E-state index is 10.6. The zero-order chi connectivity index (χ0) is 10.5. The Morgan fingerprint density at radius 1 is 1.31 bits per heavy atom. The van der Waals surface area contributed by atoms with Crippen molar-refractivity contribution < 1.29 is 34.4 Å².